The van der Waals surface area contributed by atoms with E-state index >= 15 is 0 Å². The van der Waals surface area contributed by atoms with Crippen LogP contribution in [0.3, 0.4) is 0 Å². The van der Waals surface area contributed by atoms with Gasteiger partial charge >= 0.3 is 0 Å². The Bertz CT molecular complexity index is 662. The van der Waals surface area contributed by atoms with Crippen LogP contribution in [0.4, 0.5) is 25.8 Å². The summed E-state index contributed by atoms with van der Waals surface area (Å²) in [6.07, 6.45) is -0.00338. The van der Waals surface area contributed by atoms with Crippen molar-refractivity contribution in [1.82, 2.24) is 0 Å². The number of benzene rings is 2. The standard InChI is InChI=1S/C15H15BrF2N2O/c1-8(2)21-11-4-9(19)3-10(5-11)20-15-6-12(16)13(17)7-14(15)18/h3-8,20H,19H2,1-2H3. The maximum absolute atomic E-state index is 13.7. The van der Waals surface area contributed by atoms with Crippen LogP contribution in [0.1, 0.15) is 13.8 Å². The first-order valence-corrected chi connectivity index (χ1v) is 7.13. The minimum atomic E-state index is -0.690. The molecule has 2 rings (SSSR count). The number of hydrogen-bond acceptors (Lipinski definition) is 3. The second kappa shape index (κ2) is 6.30. The maximum Gasteiger partial charge on any atom is 0.149 e. The Hall–Kier alpha value is -1.82. The van der Waals surface area contributed by atoms with Crippen molar-refractivity contribution in [3.05, 3.63) is 46.4 Å². The smallest absolute Gasteiger partial charge is 0.149 e. The van der Waals surface area contributed by atoms with Gasteiger partial charge in [-0.15, -0.1) is 0 Å². The van der Waals surface area contributed by atoms with Crippen LogP contribution in [0.2, 0.25) is 0 Å². The van der Waals surface area contributed by atoms with Gasteiger partial charge in [-0.1, -0.05) is 0 Å². The summed E-state index contributed by atoms with van der Waals surface area (Å²) in [5, 5.41) is 2.86. The van der Waals surface area contributed by atoms with E-state index in [1.54, 1.807) is 18.2 Å². The number of nitrogen functional groups attached to an aromatic ring is 1. The Morgan fingerprint density at radius 1 is 1.10 bits per heavy atom. The summed E-state index contributed by atoms with van der Waals surface area (Å²) in [7, 11) is 0. The summed E-state index contributed by atoms with van der Waals surface area (Å²) in [6.45, 7) is 3.79. The molecule has 2 aromatic carbocycles. The number of hydrogen-bond donors (Lipinski definition) is 2. The number of rotatable bonds is 4. The third-order valence-corrected chi connectivity index (χ3v) is 3.20. The van der Waals surface area contributed by atoms with Crippen molar-refractivity contribution in [2.24, 2.45) is 0 Å². The van der Waals surface area contributed by atoms with E-state index in [0.29, 0.717) is 17.1 Å². The van der Waals surface area contributed by atoms with Crippen LogP contribution in [-0.2, 0) is 0 Å². The van der Waals surface area contributed by atoms with Gasteiger partial charge in [0.1, 0.15) is 17.4 Å². The molecule has 0 amide bonds. The van der Waals surface area contributed by atoms with Crippen molar-refractivity contribution in [1.29, 1.82) is 0 Å². The normalized spacial score (nSPS) is 10.8. The third kappa shape index (κ3) is 4.07. The van der Waals surface area contributed by atoms with Crippen molar-refractivity contribution in [2.45, 2.75) is 20.0 Å². The van der Waals surface area contributed by atoms with Gasteiger partial charge in [0.2, 0.25) is 0 Å². The topological polar surface area (TPSA) is 47.3 Å². The molecule has 0 spiro atoms. The molecule has 0 aromatic heterocycles. The second-order valence-corrected chi connectivity index (χ2v) is 5.68. The molecular formula is C15H15BrF2N2O. The number of halogens is 3. The highest BCUT2D eigenvalue weighted by Crippen LogP contribution is 2.29. The first-order valence-electron chi connectivity index (χ1n) is 6.34. The highest BCUT2D eigenvalue weighted by molar-refractivity contribution is 9.10. The van der Waals surface area contributed by atoms with Crippen molar-refractivity contribution >= 4 is 33.0 Å². The predicted octanol–water partition coefficient (Wildman–Crippen LogP) is 4.84. The van der Waals surface area contributed by atoms with Gasteiger partial charge < -0.3 is 15.8 Å². The van der Waals surface area contributed by atoms with Gasteiger partial charge in [-0.3, -0.25) is 0 Å². The largest absolute Gasteiger partial charge is 0.491 e. The molecule has 0 heterocycles. The van der Waals surface area contributed by atoms with E-state index in [1.807, 2.05) is 13.8 Å². The van der Waals surface area contributed by atoms with E-state index in [9.17, 15) is 8.78 Å². The fourth-order valence-corrected chi connectivity index (χ4v) is 2.15. The fraction of sp³-hybridized carbons (Fsp3) is 0.200. The zero-order valence-corrected chi connectivity index (χ0v) is 13.2. The number of ether oxygens (including phenoxy) is 1. The second-order valence-electron chi connectivity index (χ2n) is 4.83. The fourth-order valence-electron chi connectivity index (χ4n) is 1.81. The average Bonchev–Trinajstić information content (AvgIpc) is 2.34. The van der Waals surface area contributed by atoms with Crippen molar-refractivity contribution in [3.63, 3.8) is 0 Å². The molecular weight excluding hydrogens is 342 g/mol. The molecule has 0 unspecified atom stereocenters. The molecule has 0 saturated heterocycles. The van der Waals surface area contributed by atoms with Gasteiger partial charge in [0.05, 0.1) is 16.3 Å². The SMILES string of the molecule is CC(C)Oc1cc(N)cc(Nc2cc(Br)c(F)cc2F)c1. The monoisotopic (exact) mass is 356 g/mol. The molecule has 0 fully saturated rings. The van der Waals surface area contributed by atoms with E-state index < -0.39 is 11.6 Å². The van der Waals surface area contributed by atoms with E-state index in [4.69, 9.17) is 10.5 Å². The van der Waals surface area contributed by atoms with Gasteiger partial charge in [-0.2, -0.15) is 0 Å². The molecule has 0 atom stereocenters. The van der Waals surface area contributed by atoms with Gasteiger partial charge in [-0.25, -0.2) is 8.78 Å². The molecule has 2 aromatic rings. The molecule has 3 N–H and O–H groups in total. The number of nitrogens with two attached hydrogens (primary N) is 1. The zero-order valence-electron chi connectivity index (χ0n) is 11.6. The molecule has 0 aliphatic rings. The van der Waals surface area contributed by atoms with E-state index in [-0.39, 0.29) is 16.3 Å². The maximum atomic E-state index is 13.7. The van der Waals surface area contributed by atoms with Gasteiger partial charge in [-0.05, 0) is 41.9 Å². The Morgan fingerprint density at radius 2 is 1.81 bits per heavy atom. The van der Waals surface area contributed by atoms with E-state index in [2.05, 4.69) is 21.2 Å². The molecule has 0 bridgehead atoms. The van der Waals surface area contributed by atoms with Crippen LogP contribution >= 0.6 is 15.9 Å². The van der Waals surface area contributed by atoms with Crippen LogP contribution in [0.5, 0.6) is 5.75 Å². The van der Waals surface area contributed by atoms with Crippen LogP contribution in [-0.4, -0.2) is 6.10 Å². The van der Waals surface area contributed by atoms with Crippen LogP contribution in [0.25, 0.3) is 0 Å². The molecule has 21 heavy (non-hydrogen) atoms. The van der Waals surface area contributed by atoms with Crippen molar-refractivity contribution < 1.29 is 13.5 Å². The van der Waals surface area contributed by atoms with E-state index in [1.165, 1.54) is 6.07 Å². The highest BCUT2D eigenvalue weighted by Gasteiger charge is 2.10. The lowest BCUT2D eigenvalue weighted by Gasteiger charge is -2.14. The lowest BCUT2D eigenvalue weighted by atomic mass is 10.2. The lowest BCUT2D eigenvalue weighted by Crippen LogP contribution is -2.06. The minimum Gasteiger partial charge on any atom is -0.491 e. The Labute approximate surface area is 130 Å². The summed E-state index contributed by atoms with van der Waals surface area (Å²) in [6, 6.07) is 7.17. The molecule has 0 aliphatic carbocycles. The van der Waals surface area contributed by atoms with E-state index in [0.717, 1.165) is 6.07 Å². The quantitative estimate of drug-likeness (QED) is 0.608. The van der Waals surface area contributed by atoms with Crippen molar-refractivity contribution in [2.75, 3.05) is 11.1 Å². The summed E-state index contributed by atoms with van der Waals surface area (Å²) >= 11 is 3.02. The van der Waals surface area contributed by atoms with Crippen LogP contribution in [0, 0.1) is 11.6 Å². The molecule has 112 valence electrons. The molecule has 3 nitrogen and oxygen atoms in total. The zero-order chi connectivity index (χ0) is 15.6. The number of nitrogens with one attached hydrogen (secondary N) is 1. The molecule has 0 saturated carbocycles. The first kappa shape index (κ1) is 15.6. The Kier molecular flexibility index (Phi) is 4.67. The highest BCUT2D eigenvalue weighted by atomic mass is 79.9. The summed E-state index contributed by atoms with van der Waals surface area (Å²) in [5.41, 5.74) is 6.98. The van der Waals surface area contributed by atoms with Gasteiger partial charge in [0.25, 0.3) is 0 Å². The summed E-state index contributed by atoms with van der Waals surface area (Å²) in [5.74, 6) is -0.770. The lowest BCUT2D eigenvalue weighted by molar-refractivity contribution is 0.242. The van der Waals surface area contributed by atoms with Crippen molar-refractivity contribution in [3.8, 4) is 5.75 Å². The van der Waals surface area contributed by atoms with Gasteiger partial charge in [0.15, 0.2) is 0 Å². The minimum absolute atomic E-state index is 0.00338. The molecule has 0 radical (unpaired) electrons. The Balaban J connectivity index is 2.31. The molecule has 0 aliphatic heterocycles. The Morgan fingerprint density at radius 3 is 2.48 bits per heavy atom. The third-order valence-electron chi connectivity index (χ3n) is 2.59. The summed E-state index contributed by atoms with van der Waals surface area (Å²) in [4.78, 5) is 0. The van der Waals surface area contributed by atoms with Gasteiger partial charge in [0, 0.05) is 29.6 Å². The summed E-state index contributed by atoms with van der Waals surface area (Å²) < 4.78 is 32.7. The van der Waals surface area contributed by atoms with Crippen LogP contribution in [0.15, 0.2) is 34.8 Å². The van der Waals surface area contributed by atoms with Crippen LogP contribution < -0.4 is 15.8 Å². The first-order chi connectivity index (χ1) is 9.85. The average molecular weight is 357 g/mol. The predicted molar refractivity (Wildman–Crippen MR) is 84.0 cm³/mol. The molecule has 6 heteroatoms. The number of anilines is 3.